The van der Waals surface area contributed by atoms with Crippen LogP contribution in [0.15, 0.2) is 18.2 Å². The molecule has 0 aliphatic carbocycles. The zero-order chi connectivity index (χ0) is 14.8. The average Bonchev–Trinajstić information content (AvgIpc) is 2.91. The molecule has 0 radical (unpaired) electrons. The molecular formula is C15H18F2N4. The highest BCUT2D eigenvalue weighted by molar-refractivity contribution is 5.19. The van der Waals surface area contributed by atoms with Crippen molar-refractivity contribution < 1.29 is 8.78 Å². The molecule has 1 fully saturated rings. The molecule has 0 unspecified atom stereocenters. The molecule has 4 nitrogen and oxygen atoms in total. The third kappa shape index (κ3) is 2.95. The summed E-state index contributed by atoms with van der Waals surface area (Å²) in [5.41, 5.74) is 0.383. The number of hydrogen-bond donors (Lipinski definition) is 1. The van der Waals surface area contributed by atoms with E-state index in [0.29, 0.717) is 12.1 Å². The molecule has 0 bridgehead atoms. The van der Waals surface area contributed by atoms with Gasteiger partial charge in [0.25, 0.3) is 0 Å². The second kappa shape index (κ2) is 5.89. The molecule has 3 rings (SSSR count). The number of aryl methyl sites for hydroxylation is 1. The first kappa shape index (κ1) is 14.1. The van der Waals surface area contributed by atoms with E-state index in [9.17, 15) is 8.78 Å². The van der Waals surface area contributed by atoms with Gasteiger partial charge in [-0.25, -0.2) is 13.8 Å². The van der Waals surface area contributed by atoms with Crippen molar-refractivity contribution in [2.24, 2.45) is 0 Å². The van der Waals surface area contributed by atoms with E-state index in [-0.39, 0.29) is 6.04 Å². The molecule has 112 valence electrons. The minimum atomic E-state index is -0.796. The predicted molar refractivity (Wildman–Crippen MR) is 74.5 cm³/mol. The highest BCUT2D eigenvalue weighted by atomic mass is 19.2. The van der Waals surface area contributed by atoms with Gasteiger partial charge in [-0.3, -0.25) is 10.00 Å². The summed E-state index contributed by atoms with van der Waals surface area (Å²) in [6.45, 7) is 3.08. The van der Waals surface area contributed by atoms with Gasteiger partial charge in [-0.1, -0.05) is 18.6 Å². The van der Waals surface area contributed by atoms with Crippen molar-refractivity contribution in [3.05, 3.63) is 47.0 Å². The molecule has 1 atom stereocenters. The summed E-state index contributed by atoms with van der Waals surface area (Å²) in [6.07, 6.45) is 3.09. The summed E-state index contributed by atoms with van der Waals surface area (Å²) in [5.74, 6) is -0.0424. The first-order valence-electron chi connectivity index (χ1n) is 7.21. The van der Waals surface area contributed by atoms with Crippen LogP contribution in [-0.4, -0.2) is 26.6 Å². The van der Waals surface area contributed by atoms with E-state index in [2.05, 4.69) is 20.1 Å². The van der Waals surface area contributed by atoms with Crippen LogP contribution in [-0.2, 0) is 6.54 Å². The van der Waals surface area contributed by atoms with Gasteiger partial charge in [-0.15, -0.1) is 0 Å². The van der Waals surface area contributed by atoms with E-state index in [1.807, 2.05) is 6.92 Å². The maximum absolute atomic E-state index is 13.9. The first-order chi connectivity index (χ1) is 10.1. The summed E-state index contributed by atoms with van der Waals surface area (Å²) >= 11 is 0. The van der Waals surface area contributed by atoms with Gasteiger partial charge >= 0.3 is 0 Å². The average molecular weight is 292 g/mol. The van der Waals surface area contributed by atoms with E-state index >= 15 is 0 Å². The van der Waals surface area contributed by atoms with Crippen molar-refractivity contribution in [2.45, 2.75) is 38.8 Å². The van der Waals surface area contributed by atoms with E-state index in [1.165, 1.54) is 0 Å². The van der Waals surface area contributed by atoms with Crippen LogP contribution in [0.5, 0.6) is 0 Å². The molecule has 2 aromatic rings. The zero-order valence-electron chi connectivity index (χ0n) is 11.9. The smallest absolute Gasteiger partial charge is 0.167 e. The molecule has 1 aliphatic heterocycles. The summed E-state index contributed by atoms with van der Waals surface area (Å²) < 4.78 is 27.2. The van der Waals surface area contributed by atoms with Crippen LogP contribution in [0.2, 0.25) is 0 Å². The number of hydrogen-bond acceptors (Lipinski definition) is 3. The van der Waals surface area contributed by atoms with Crippen molar-refractivity contribution in [2.75, 3.05) is 6.54 Å². The van der Waals surface area contributed by atoms with Gasteiger partial charge < -0.3 is 0 Å². The number of aromatic nitrogens is 3. The van der Waals surface area contributed by atoms with Crippen LogP contribution in [0.1, 0.15) is 42.5 Å². The summed E-state index contributed by atoms with van der Waals surface area (Å²) in [4.78, 5) is 6.52. The van der Waals surface area contributed by atoms with Crippen molar-refractivity contribution in [3.8, 4) is 0 Å². The van der Waals surface area contributed by atoms with E-state index in [0.717, 1.165) is 43.5 Å². The molecular weight excluding hydrogens is 274 g/mol. The Labute approximate surface area is 122 Å². The van der Waals surface area contributed by atoms with Crippen molar-refractivity contribution >= 4 is 0 Å². The summed E-state index contributed by atoms with van der Waals surface area (Å²) in [7, 11) is 0. The number of nitrogens with one attached hydrogen (secondary N) is 1. The second-order valence-electron chi connectivity index (χ2n) is 5.47. The van der Waals surface area contributed by atoms with Gasteiger partial charge in [-0.2, -0.15) is 5.10 Å². The minimum absolute atomic E-state index is 0.0615. The summed E-state index contributed by atoms with van der Waals surface area (Å²) in [6, 6.07) is 4.38. The third-order valence-electron chi connectivity index (χ3n) is 3.93. The molecule has 1 N–H and O–H groups in total. The minimum Gasteiger partial charge on any atom is -0.289 e. The quantitative estimate of drug-likeness (QED) is 0.945. The molecule has 21 heavy (non-hydrogen) atoms. The Hall–Kier alpha value is -1.82. The van der Waals surface area contributed by atoms with Gasteiger partial charge in [-0.05, 0) is 32.4 Å². The van der Waals surface area contributed by atoms with Gasteiger partial charge in [0.15, 0.2) is 17.5 Å². The van der Waals surface area contributed by atoms with Gasteiger partial charge in [0, 0.05) is 12.1 Å². The van der Waals surface area contributed by atoms with Crippen molar-refractivity contribution in [1.29, 1.82) is 0 Å². The van der Waals surface area contributed by atoms with Crippen LogP contribution in [0, 0.1) is 18.6 Å². The Bertz CT molecular complexity index is 626. The van der Waals surface area contributed by atoms with Crippen LogP contribution in [0.25, 0.3) is 0 Å². The number of nitrogens with zero attached hydrogens (tertiary/aromatic N) is 3. The van der Waals surface area contributed by atoms with Gasteiger partial charge in [0.2, 0.25) is 0 Å². The van der Waals surface area contributed by atoms with E-state index < -0.39 is 11.6 Å². The first-order valence-corrected chi connectivity index (χ1v) is 7.21. The lowest BCUT2D eigenvalue weighted by Gasteiger charge is -2.34. The molecule has 2 heterocycles. The van der Waals surface area contributed by atoms with Crippen LogP contribution < -0.4 is 0 Å². The maximum Gasteiger partial charge on any atom is 0.167 e. The lowest BCUT2D eigenvalue weighted by Crippen LogP contribution is -2.34. The Kier molecular flexibility index (Phi) is 3.96. The third-order valence-corrected chi connectivity index (χ3v) is 3.93. The molecule has 1 aliphatic rings. The highest BCUT2D eigenvalue weighted by Crippen LogP contribution is 2.30. The topological polar surface area (TPSA) is 44.8 Å². The van der Waals surface area contributed by atoms with E-state index in [1.54, 1.807) is 12.1 Å². The van der Waals surface area contributed by atoms with Crippen molar-refractivity contribution in [3.63, 3.8) is 0 Å². The Morgan fingerprint density at radius 1 is 1.33 bits per heavy atom. The SMILES string of the molecule is Cc1nc([C@@H]2CCCCN2Cc2cccc(F)c2F)n[nH]1. The number of piperidine rings is 1. The molecule has 0 spiro atoms. The number of rotatable bonds is 3. The Morgan fingerprint density at radius 2 is 2.19 bits per heavy atom. The van der Waals surface area contributed by atoms with Crippen LogP contribution in [0.3, 0.4) is 0 Å². The molecule has 1 aromatic heterocycles. The van der Waals surface area contributed by atoms with Crippen LogP contribution >= 0.6 is 0 Å². The predicted octanol–water partition coefficient (Wildman–Crippen LogP) is 3.12. The largest absolute Gasteiger partial charge is 0.289 e. The lowest BCUT2D eigenvalue weighted by molar-refractivity contribution is 0.132. The molecule has 0 amide bonds. The molecule has 1 saturated heterocycles. The number of aromatic amines is 1. The lowest BCUT2D eigenvalue weighted by atomic mass is 10.0. The Balaban J connectivity index is 1.83. The van der Waals surface area contributed by atoms with Gasteiger partial charge in [0.1, 0.15) is 5.82 Å². The number of likely N-dealkylation sites (tertiary alicyclic amines) is 1. The van der Waals surface area contributed by atoms with Gasteiger partial charge in [0.05, 0.1) is 6.04 Å². The van der Waals surface area contributed by atoms with Crippen LogP contribution in [0.4, 0.5) is 8.78 Å². The maximum atomic E-state index is 13.9. The van der Waals surface area contributed by atoms with E-state index in [4.69, 9.17) is 0 Å². The monoisotopic (exact) mass is 292 g/mol. The second-order valence-corrected chi connectivity index (χ2v) is 5.47. The zero-order valence-corrected chi connectivity index (χ0v) is 11.9. The summed E-state index contributed by atoms with van der Waals surface area (Å²) in [5, 5.41) is 7.07. The number of benzene rings is 1. The number of halogens is 2. The Morgan fingerprint density at radius 3 is 2.95 bits per heavy atom. The van der Waals surface area contributed by atoms with Crippen molar-refractivity contribution in [1.82, 2.24) is 20.1 Å². The fourth-order valence-corrected chi connectivity index (χ4v) is 2.87. The molecule has 0 saturated carbocycles. The molecule has 6 heteroatoms. The standard InChI is InChI=1S/C15H18F2N4/c1-10-18-15(20-19-10)13-7-2-3-8-21(13)9-11-5-4-6-12(16)14(11)17/h4-6,13H,2-3,7-9H2,1H3,(H,18,19,20)/t13-/m0/s1. The molecule has 1 aromatic carbocycles. The fraction of sp³-hybridized carbons (Fsp3) is 0.467. The fourth-order valence-electron chi connectivity index (χ4n) is 2.87. The highest BCUT2D eigenvalue weighted by Gasteiger charge is 2.27. The number of H-pyrrole nitrogens is 1. The normalized spacial score (nSPS) is 19.9.